The van der Waals surface area contributed by atoms with Crippen LogP contribution in [0.3, 0.4) is 0 Å². The van der Waals surface area contributed by atoms with Crippen LogP contribution in [0.2, 0.25) is 0 Å². The van der Waals surface area contributed by atoms with Gasteiger partial charge in [0.2, 0.25) is 17.8 Å². The highest BCUT2D eigenvalue weighted by atomic mass is 19.1. The number of piperidine rings is 2. The number of carbonyl (C=O) groups excluding carboxylic acids is 2. The van der Waals surface area contributed by atoms with Crippen LogP contribution in [0.25, 0.3) is 0 Å². The third kappa shape index (κ3) is 13.9. The molecular formula is C55H58F2N14O3. The predicted molar refractivity (Wildman–Crippen MR) is 281 cm³/mol. The number of H-pyrrole nitrogens is 1. The molecule has 19 heteroatoms. The maximum Gasteiger partial charge on any atom is 0.253 e. The number of nitrogens with zero attached hydrogens (tertiary/aromatic N) is 9. The number of likely N-dealkylation sites (tertiary alicyclic amines) is 2. The molecule has 380 valence electrons. The van der Waals surface area contributed by atoms with Crippen molar-refractivity contribution in [2.45, 2.75) is 50.9 Å². The van der Waals surface area contributed by atoms with Gasteiger partial charge in [0.05, 0.1) is 12.7 Å². The van der Waals surface area contributed by atoms with E-state index in [1.807, 2.05) is 70.6 Å². The number of carbonyl (C=O) groups is 2. The molecule has 10 rings (SSSR count). The molecule has 0 spiro atoms. The Bertz CT molecular complexity index is 3030. The van der Waals surface area contributed by atoms with Gasteiger partial charge in [0, 0.05) is 103 Å². The quantitative estimate of drug-likeness (QED) is 0.0615. The van der Waals surface area contributed by atoms with Crippen molar-refractivity contribution >= 4 is 58.1 Å². The Labute approximate surface area is 428 Å². The first-order valence-corrected chi connectivity index (χ1v) is 24.5. The fraction of sp³-hybridized carbons (Fsp3) is 0.255. The molecule has 1 atom stereocenters. The summed E-state index contributed by atoms with van der Waals surface area (Å²) in [5.41, 5.74) is 5.47. The molecule has 2 saturated heterocycles. The fourth-order valence-electron chi connectivity index (χ4n) is 8.90. The van der Waals surface area contributed by atoms with Crippen LogP contribution in [0.1, 0.15) is 58.0 Å². The Balaban J connectivity index is 0.000000182. The monoisotopic (exact) mass is 1000 g/mol. The number of hydrogen-bond acceptors (Lipinski definition) is 14. The van der Waals surface area contributed by atoms with E-state index in [0.717, 1.165) is 68.1 Å². The number of aromatic nitrogens is 6. The summed E-state index contributed by atoms with van der Waals surface area (Å²) in [5, 5.41) is 12.6. The van der Waals surface area contributed by atoms with Gasteiger partial charge in [-0.3, -0.25) is 19.4 Å². The molecule has 74 heavy (non-hydrogen) atoms. The van der Waals surface area contributed by atoms with Gasteiger partial charge in [-0.15, -0.1) is 0 Å². The van der Waals surface area contributed by atoms with E-state index in [-0.39, 0.29) is 23.4 Å². The van der Waals surface area contributed by atoms with E-state index in [0.29, 0.717) is 72.3 Å². The summed E-state index contributed by atoms with van der Waals surface area (Å²) in [5.74, 6) is 2.16. The molecule has 0 saturated carbocycles. The summed E-state index contributed by atoms with van der Waals surface area (Å²) in [7, 11) is 4.18. The second-order valence-corrected chi connectivity index (χ2v) is 18.2. The van der Waals surface area contributed by atoms with Gasteiger partial charge in [0.1, 0.15) is 29.5 Å². The minimum atomic E-state index is -0.298. The second kappa shape index (κ2) is 24.2. The van der Waals surface area contributed by atoms with Crippen LogP contribution >= 0.6 is 0 Å². The van der Waals surface area contributed by atoms with Crippen LogP contribution in [-0.2, 0) is 13.1 Å². The lowest BCUT2D eigenvalue weighted by molar-refractivity contribution is 0.0600. The van der Waals surface area contributed by atoms with Gasteiger partial charge in [-0.1, -0.05) is 0 Å². The topological polar surface area (TPSA) is 189 Å². The van der Waals surface area contributed by atoms with Crippen molar-refractivity contribution in [1.82, 2.24) is 49.5 Å². The lowest BCUT2D eigenvalue weighted by atomic mass is 10.0. The van der Waals surface area contributed by atoms with Crippen LogP contribution in [0.5, 0.6) is 0 Å². The van der Waals surface area contributed by atoms with Gasteiger partial charge < -0.3 is 40.5 Å². The SMILES string of the molecule is CN(Cc1ccc[nH]1)C1CCCN(C(=O)c2ccc(Nc3nccc(Nc4ccc(F)cc4)n3)cc2)C1.CN(Cc1ncco1)C1CCN(C(=O)c2ccc(Nc3nccc(Nc4ccc(F)cc4)n3)cc2)CC1. The molecule has 2 aliphatic rings. The third-order valence-corrected chi connectivity index (χ3v) is 13.0. The van der Waals surface area contributed by atoms with Crippen molar-refractivity contribution in [2.24, 2.45) is 0 Å². The van der Waals surface area contributed by atoms with E-state index in [1.165, 1.54) is 30.0 Å². The molecule has 8 aromatic rings. The van der Waals surface area contributed by atoms with Crippen molar-refractivity contribution in [3.05, 3.63) is 187 Å². The van der Waals surface area contributed by atoms with Gasteiger partial charge in [0.15, 0.2) is 0 Å². The maximum absolute atomic E-state index is 13.2. The van der Waals surface area contributed by atoms with Crippen LogP contribution in [-0.4, -0.2) is 114 Å². The molecular weight excluding hydrogens is 943 g/mol. The molecule has 0 bridgehead atoms. The number of nitrogens with one attached hydrogen (secondary N) is 5. The number of benzene rings is 4. The first-order valence-electron chi connectivity index (χ1n) is 24.5. The molecule has 0 aliphatic carbocycles. The molecule has 0 radical (unpaired) electrons. The molecule has 17 nitrogen and oxygen atoms in total. The number of rotatable bonds is 16. The normalized spacial score (nSPS) is 14.8. The van der Waals surface area contributed by atoms with E-state index >= 15 is 0 Å². The van der Waals surface area contributed by atoms with E-state index in [4.69, 9.17) is 4.42 Å². The number of likely N-dealkylation sites (N-methyl/N-ethyl adjacent to an activating group) is 1. The first-order chi connectivity index (χ1) is 36.1. The number of halogens is 2. The number of anilines is 8. The molecule has 2 aliphatic heterocycles. The van der Waals surface area contributed by atoms with Crippen LogP contribution < -0.4 is 21.3 Å². The summed E-state index contributed by atoms with van der Waals surface area (Å²) in [6.45, 7) is 4.41. The minimum Gasteiger partial charge on any atom is -0.448 e. The molecule has 1 unspecified atom stereocenters. The lowest BCUT2D eigenvalue weighted by Gasteiger charge is -2.37. The summed E-state index contributed by atoms with van der Waals surface area (Å²) in [6, 6.07) is 35.0. The highest BCUT2D eigenvalue weighted by Crippen LogP contribution is 2.24. The standard InChI is InChI=1S/C28H30FN7O.C27H28FN7O2/c1-35(18-24-4-2-15-30-24)25-5-3-17-36(19-25)27(37)20-6-10-23(11-7-20)33-28-31-16-14-26(34-28)32-22-12-8-21(29)9-13-22;1-34(18-25-29-14-17-37-25)23-11-15-35(16-12-23)26(36)19-2-6-22(7-3-19)32-27-30-13-10-24(33-27)31-21-8-4-20(28)5-9-21/h2,4,6-16,25,30H,3,5,17-19H2,1H3,(H2,31,32,33,34);2-10,13-14,17,23H,11-12,15-16,18H2,1H3,(H2,30,31,32,33). The number of hydrogen-bond donors (Lipinski definition) is 5. The van der Waals surface area contributed by atoms with Gasteiger partial charge in [-0.25, -0.2) is 23.7 Å². The van der Waals surface area contributed by atoms with E-state index in [2.05, 4.69) is 81.1 Å². The predicted octanol–water partition coefficient (Wildman–Crippen LogP) is 10.00. The van der Waals surface area contributed by atoms with Crippen molar-refractivity contribution in [3.63, 3.8) is 0 Å². The van der Waals surface area contributed by atoms with Gasteiger partial charge in [-0.2, -0.15) is 9.97 Å². The Kier molecular flexibility index (Phi) is 16.5. The average Bonchev–Trinajstić information content (AvgIpc) is 4.16. The second-order valence-electron chi connectivity index (χ2n) is 18.2. The van der Waals surface area contributed by atoms with Crippen molar-refractivity contribution in [3.8, 4) is 0 Å². The van der Waals surface area contributed by atoms with Crippen LogP contribution in [0.15, 0.2) is 157 Å². The van der Waals surface area contributed by atoms with Gasteiger partial charge in [0.25, 0.3) is 11.8 Å². The van der Waals surface area contributed by atoms with E-state index in [1.54, 1.807) is 61.3 Å². The van der Waals surface area contributed by atoms with Crippen molar-refractivity contribution in [2.75, 3.05) is 61.5 Å². The lowest BCUT2D eigenvalue weighted by Crippen LogP contribution is -2.48. The molecule has 5 N–H and O–H groups in total. The smallest absolute Gasteiger partial charge is 0.253 e. The third-order valence-electron chi connectivity index (χ3n) is 13.0. The fourth-order valence-corrected chi connectivity index (χ4v) is 8.90. The zero-order valence-corrected chi connectivity index (χ0v) is 41.2. The van der Waals surface area contributed by atoms with Crippen molar-refractivity contribution in [1.29, 1.82) is 0 Å². The zero-order valence-electron chi connectivity index (χ0n) is 41.2. The molecule has 6 heterocycles. The number of aromatic amines is 1. The largest absolute Gasteiger partial charge is 0.448 e. The summed E-state index contributed by atoms with van der Waals surface area (Å²) >= 11 is 0. The zero-order chi connectivity index (χ0) is 51.2. The van der Waals surface area contributed by atoms with Crippen molar-refractivity contribution < 1.29 is 22.8 Å². The number of amides is 2. The molecule has 4 aromatic carbocycles. The van der Waals surface area contributed by atoms with Crippen LogP contribution in [0, 0.1) is 11.6 Å². The molecule has 2 fully saturated rings. The van der Waals surface area contributed by atoms with E-state index < -0.39 is 0 Å². The Morgan fingerprint density at radius 2 is 1.11 bits per heavy atom. The maximum atomic E-state index is 13.2. The number of oxazole rings is 1. The molecule has 4 aromatic heterocycles. The summed E-state index contributed by atoms with van der Waals surface area (Å²) in [6.07, 6.45) is 12.3. The average molecular weight is 1000 g/mol. The van der Waals surface area contributed by atoms with Crippen LogP contribution in [0.4, 0.5) is 55.1 Å². The molecule has 2 amide bonds. The summed E-state index contributed by atoms with van der Waals surface area (Å²) in [4.78, 5) is 59.6. The van der Waals surface area contributed by atoms with E-state index in [9.17, 15) is 18.4 Å². The first kappa shape index (κ1) is 50.4. The van der Waals surface area contributed by atoms with Gasteiger partial charge in [-0.05, 0) is 161 Å². The van der Waals surface area contributed by atoms with Gasteiger partial charge >= 0.3 is 0 Å². The highest BCUT2D eigenvalue weighted by molar-refractivity contribution is 5.95. The Morgan fingerprint density at radius 1 is 0.595 bits per heavy atom. The Hall–Kier alpha value is -8.55. The Morgan fingerprint density at radius 3 is 1.62 bits per heavy atom. The highest BCUT2D eigenvalue weighted by Gasteiger charge is 2.28. The summed E-state index contributed by atoms with van der Waals surface area (Å²) < 4.78 is 31.6. The minimum absolute atomic E-state index is 0.0297.